The Morgan fingerprint density at radius 1 is 1.16 bits per heavy atom. The summed E-state index contributed by atoms with van der Waals surface area (Å²) in [5.74, 6) is 2.38. The monoisotopic (exact) mass is 421 g/mol. The summed E-state index contributed by atoms with van der Waals surface area (Å²) in [7, 11) is 0. The molecular formula is C27H35NO3. The number of epoxide rings is 1. The van der Waals surface area contributed by atoms with E-state index in [-0.39, 0.29) is 34.2 Å². The van der Waals surface area contributed by atoms with E-state index in [9.17, 15) is 9.90 Å². The molecule has 6 rings (SSSR count). The van der Waals surface area contributed by atoms with Crippen LogP contribution in [0.2, 0.25) is 0 Å². The van der Waals surface area contributed by atoms with Crippen LogP contribution < -0.4 is 0 Å². The minimum Gasteiger partial charge on any atom is -0.393 e. The fraction of sp³-hybridized carbons (Fsp3) is 0.704. The first kappa shape index (κ1) is 20.1. The minimum atomic E-state index is -0.192. The molecule has 4 saturated carbocycles. The lowest BCUT2D eigenvalue weighted by Crippen LogP contribution is -2.58. The van der Waals surface area contributed by atoms with E-state index in [4.69, 9.17) is 4.74 Å². The number of hydrogen-bond donors (Lipinski definition) is 1. The molecule has 4 aliphatic carbocycles. The van der Waals surface area contributed by atoms with Gasteiger partial charge in [-0.15, -0.1) is 0 Å². The zero-order chi connectivity index (χ0) is 21.4. The van der Waals surface area contributed by atoms with Gasteiger partial charge in [0.1, 0.15) is 5.60 Å². The highest BCUT2D eigenvalue weighted by molar-refractivity contribution is 5.96. The maximum Gasteiger partial charge on any atom is 0.159 e. The third-order valence-corrected chi connectivity index (χ3v) is 10.5. The van der Waals surface area contributed by atoms with Crippen molar-refractivity contribution in [3.05, 3.63) is 36.2 Å². The molecule has 0 radical (unpaired) electrons. The Hall–Kier alpha value is -1.52. The van der Waals surface area contributed by atoms with Gasteiger partial charge >= 0.3 is 0 Å². The van der Waals surface area contributed by atoms with Crippen molar-refractivity contribution in [2.75, 3.05) is 0 Å². The van der Waals surface area contributed by atoms with Gasteiger partial charge in [0, 0.05) is 24.0 Å². The van der Waals surface area contributed by atoms with E-state index < -0.39 is 0 Å². The van der Waals surface area contributed by atoms with E-state index >= 15 is 0 Å². The van der Waals surface area contributed by atoms with E-state index in [0.29, 0.717) is 23.9 Å². The highest BCUT2D eigenvalue weighted by Crippen LogP contribution is 2.73. The number of pyridine rings is 1. The third kappa shape index (κ3) is 2.73. The minimum absolute atomic E-state index is 0.0567. The second-order valence-corrected chi connectivity index (χ2v) is 11.6. The number of nitrogens with zero attached hydrogens (tertiary/aromatic N) is 1. The van der Waals surface area contributed by atoms with Crippen molar-refractivity contribution in [2.24, 2.45) is 34.5 Å². The summed E-state index contributed by atoms with van der Waals surface area (Å²) in [6.45, 7) is 4.87. The SMILES string of the molecule is C[C@]12CC[C@H]3[C@@H](C[C@@H]4O[C@@]45C[C@@H](O)CC[C@]35C)[C@@H]1CC[C@@H]2C(=O)/C=C/c1ccccn1. The lowest BCUT2D eigenvalue weighted by molar-refractivity contribution is -0.131. The summed E-state index contributed by atoms with van der Waals surface area (Å²) in [5.41, 5.74) is 1.09. The molecule has 2 heterocycles. The zero-order valence-corrected chi connectivity index (χ0v) is 18.8. The molecule has 0 aromatic carbocycles. The molecule has 0 unspecified atom stereocenters. The second kappa shape index (κ2) is 6.74. The Balaban J connectivity index is 1.24. The van der Waals surface area contributed by atoms with E-state index in [1.807, 2.05) is 24.3 Å². The quantitative estimate of drug-likeness (QED) is 0.562. The number of fused-ring (bicyclic) bond motifs is 4. The second-order valence-electron chi connectivity index (χ2n) is 11.6. The molecule has 1 aromatic rings. The van der Waals surface area contributed by atoms with Crippen LogP contribution in [-0.4, -0.2) is 33.7 Å². The van der Waals surface area contributed by atoms with Crippen LogP contribution >= 0.6 is 0 Å². The van der Waals surface area contributed by atoms with Gasteiger partial charge in [0.2, 0.25) is 0 Å². The molecule has 166 valence electrons. The molecule has 1 spiro atoms. The Morgan fingerprint density at radius 3 is 2.84 bits per heavy atom. The average molecular weight is 422 g/mol. The Morgan fingerprint density at radius 2 is 2.03 bits per heavy atom. The molecule has 4 nitrogen and oxygen atoms in total. The van der Waals surface area contributed by atoms with Crippen LogP contribution in [-0.2, 0) is 9.53 Å². The van der Waals surface area contributed by atoms with Gasteiger partial charge in [0.15, 0.2) is 5.78 Å². The Bertz CT molecular complexity index is 914. The number of ether oxygens (including phenoxy) is 1. The first-order chi connectivity index (χ1) is 14.9. The van der Waals surface area contributed by atoms with Gasteiger partial charge in [-0.3, -0.25) is 9.78 Å². The predicted molar refractivity (Wildman–Crippen MR) is 119 cm³/mol. The fourth-order valence-corrected chi connectivity index (χ4v) is 8.88. The van der Waals surface area contributed by atoms with Gasteiger partial charge in [-0.1, -0.05) is 19.9 Å². The molecule has 1 N–H and O–H groups in total. The largest absolute Gasteiger partial charge is 0.393 e. The summed E-state index contributed by atoms with van der Waals surface area (Å²) in [4.78, 5) is 17.6. The van der Waals surface area contributed by atoms with E-state index in [2.05, 4.69) is 18.8 Å². The summed E-state index contributed by atoms with van der Waals surface area (Å²) >= 11 is 0. The van der Waals surface area contributed by atoms with Crippen LogP contribution in [0.15, 0.2) is 30.5 Å². The maximum atomic E-state index is 13.3. The molecule has 0 bridgehead atoms. The molecule has 9 atom stereocenters. The fourth-order valence-electron chi connectivity index (χ4n) is 8.88. The van der Waals surface area contributed by atoms with Crippen molar-refractivity contribution in [3.63, 3.8) is 0 Å². The van der Waals surface area contributed by atoms with Gasteiger partial charge in [0.05, 0.1) is 17.9 Å². The molecule has 5 fully saturated rings. The molecule has 0 amide bonds. The van der Waals surface area contributed by atoms with Gasteiger partial charge in [0.25, 0.3) is 0 Å². The van der Waals surface area contributed by atoms with Gasteiger partial charge in [-0.25, -0.2) is 0 Å². The van der Waals surface area contributed by atoms with Crippen LogP contribution in [0.3, 0.4) is 0 Å². The van der Waals surface area contributed by atoms with Crippen LogP contribution in [0.4, 0.5) is 0 Å². The summed E-state index contributed by atoms with van der Waals surface area (Å²) < 4.78 is 6.43. The van der Waals surface area contributed by atoms with Crippen LogP contribution in [0.25, 0.3) is 6.08 Å². The average Bonchev–Trinajstić information content (AvgIpc) is 3.34. The zero-order valence-electron chi connectivity index (χ0n) is 18.8. The van der Waals surface area contributed by atoms with E-state index in [0.717, 1.165) is 44.2 Å². The lowest BCUT2D eigenvalue weighted by atomic mass is 9.44. The van der Waals surface area contributed by atoms with Crippen LogP contribution in [0.5, 0.6) is 0 Å². The predicted octanol–water partition coefficient (Wildman–Crippen LogP) is 4.82. The first-order valence-corrected chi connectivity index (χ1v) is 12.4. The number of ketones is 1. The number of rotatable bonds is 3. The summed E-state index contributed by atoms with van der Waals surface area (Å²) in [5, 5.41) is 10.3. The van der Waals surface area contributed by atoms with Crippen molar-refractivity contribution >= 4 is 11.9 Å². The van der Waals surface area contributed by atoms with Crippen LogP contribution in [0, 0.1) is 34.5 Å². The van der Waals surface area contributed by atoms with Crippen LogP contribution in [0.1, 0.15) is 70.9 Å². The molecule has 5 aliphatic rings. The number of aromatic nitrogens is 1. The normalized spacial score (nSPS) is 50.3. The summed E-state index contributed by atoms with van der Waals surface area (Å²) in [6, 6.07) is 5.80. The maximum absolute atomic E-state index is 13.3. The molecular weight excluding hydrogens is 386 g/mol. The smallest absolute Gasteiger partial charge is 0.159 e. The Labute approximate surface area is 185 Å². The van der Waals surface area contributed by atoms with Crippen molar-refractivity contribution in [3.8, 4) is 0 Å². The van der Waals surface area contributed by atoms with Gasteiger partial charge in [-0.05, 0) is 92.4 Å². The van der Waals surface area contributed by atoms with Crippen molar-refractivity contribution in [1.82, 2.24) is 4.98 Å². The van der Waals surface area contributed by atoms with Crippen molar-refractivity contribution in [1.29, 1.82) is 0 Å². The summed E-state index contributed by atoms with van der Waals surface area (Å²) in [6.07, 6.45) is 14.1. The topological polar surface area (TPSA) is 62.7 Å². The molecule has 31 heavy (non-hydrogen) atoms. The van der Waals surface area contributed by atoms with Gasteiger partial charge in [-0.2, -0.15) is 0 Å². The van der Waals surface area contributed by atoms with E-state index in [1.54, 1.807) is 12.3 Å². The molecule has 1 aliphatic heterocycles. The first-order valence-electron chi connectivity index (χ1n) is 12.4. The lowest BCUT2D eigenvalue weighted by Gasteiger charge is -2.59. The number of aliphatic hydroxyl groups excluding tert-OH is 1. The molecule has 4 heteroatoms. The number of allylic oxidation sites excluding steroid dienone is 1. The number of carbonyl (C=O) groups is 1. The standard InChI is InChI=1S/C27H35NO3/c1-25-12-11-21-19(15-24-27(31-24)16-18(29)10-13-26(21,27)2)20(25)7-8-22(25)23(30)9-6-17-5-3-4-14-28-17/h3-6,9,14,18-22,24,29H,7-8,10-13,15-16H2,1-2H3/b9-6+/t18-,19-,20-,21-,22+,24-,25-,26+,27-/m0/s1. The van der Waals surface area contributed by atoms with Gasteiger partial charge < -0.3 is 9.84 Å². The molecule has 1 aromatic heterocycles. The van der Waals surface area contributed by atoms with Crippen molar-refractivity contribution in [2.45, 2.75) is 83.0 Å². The molecule has 1 saturated heterocycles. The number of carbonyl (C=O) groups excluding carboxylic acids is 1. The third-order valence-electron chi connectivity index (χ3n) is 10.5. The Kier molecular flexibility index (Phi) is 4.37. The van der Waals surface area contributed by atoms with Crippen molar-refractivity contribution < 1.29 is 14.6 Å². The van der Waals surface area contributed by atoms with E-state index in [1.165, 1.54) is 12.8 Å². The highest BCUT2D eigenvalue weighted by Gasteiger charge is 2.76. The highest BCUT2D eigenvalue weighted by atomic mass is 16.6. The number of aliphatic hydroxyl groups is 1. The number of hydrogen-bond acceptors (Lipinski definition) is 4.